The van der Waals surface area contributed by atoms with Crippen LogP contribution in [-0.4, -0.2) is 11.2 Å². The maximum atomic E-state index is 8.94. The molecule has 2 aliphatic carbocycles. The summed E-state index contributed by atoms with van der Waals surface area (Å²) >= 11 is 0. The Morgan fingerprint density at radius 3 is 2.14 bits per heavy atom. The smallest absolute Gasteiger partial charge is 0.0573 e. The van der Waals surface area contributed by atoms with E-state index in [1.54, 1.807) is 0 Å². The Morgan fingerprint density at radius 2 is 2.14 bits per heavy atom. The van der Waals surface area contributed by atoms with Crippen molar-refractivity contribution in [3.8, 4) is 0 Å². The molecule has 0 aromatic heterocycles. The second-order valence-electron chi connectivity index (χ2n) is 2.80. The molecule has 0 aromatic rings. The largest absolute Gasteiger partial charge is 0.393 e. The Hall–Kier alpha value is -0.0400. The van der Waals surface area contributed by atoms with E-state index in [1.165, 1.54) is 12.8 Å². The van der Waals surface area contributed by atoms with Crippen LogP contribution >= 0.6 is 0 Å². The molecule has 0 spiro atoms. The quantitative estimate of drug-likeness (QED) is 0.474. The zero-order chi connectivity index (χ0) is 4.85. The van der Waals surface area contributed by atoms with Gasteiger partial charge in [0.25, 0.3) is 0 Å². The van der Waals surface area contributed by atoms with Crippen molar-refractivity contribution in [2.75, 3.05) is 0 Å². The summed E-state index contributed by atoms with van der Waals surface area (Å²) in [6.07, 6.45) is 3.89. The molecular weight excluding hydrogens is 88.1 g/mol. The summed E-state index contributed by atoms with van der Waals surface area (Å²) < 4.78 is 0. The molecule has 0 amide bonds. The fourth-order valence-corrected chi connectivity index (χ4v) is 1.68. The van der Waals surface area contributed by atoms with Gasteiger partial charge in [-0.15, -0.1) is 0 Å². The summed E-state index contributed by atoms with van der Waals surface area (Å²) in [4.78, 5) is 0. The van der Waals surface area contributed by atoms with Crippen molar-refractivity contribution in [2.45, 2.75) is 25.4 Å². The monoisotopic (exact) mass is 98.1 g/mol. The molecule has 3 unspecified atom stereocenters. The molecule has 2 fully saturated rings. The van der Waals surface area contributed by atoms with Crippen LogP contribution in [0.3, 0.4) is 0 Å². The van der Waals surface area contributed by atoms with Gasteiger partial charge in [-0.3, -0.25) is 0 Å². The topological polar surface area (TPSA) is 20.2 Å². The van der Waals surface area contributed by atoms with Crippen molar-refractivity contribution in [1.82, 2.24) is 0 Å². The van der Waals surface area contributed by atoms with Crippen LogP contribution in [0.15, 0.2) is 0 Å². The lowest BCUT2D eigenvalue weighted by Crippen LogP contribution is -2.48. The van der Waals surface area contributed by atoms with Crippen LogP contribution in [0.2, 0.25) is 0 Å². The van der Waals surface area contributed by atoms with Crippen LogP contribution in [0, 0.1) is 11.8 Å². The predicted octanol–water partition coefficient (Wildman–Crippen LogP) is 0.777. The molecule has 2 saturated carbocycles. The first-order valence-electron chi connectivity index (χ1n) is 3.06. The molecule has 40 valence electrons. The van der Waals surface area contributed by atoms with Gasteiger partial charge in [0, 0.05) is 0 Å². The minimum absolute atomic E-state index is 0.0961. The van der Waals surface area contributed by atoms with Gasteiger partial charge in [-0.2, -0.15) is 0 Å². The van der Waals surface area contributed by atoms with Gasteiger partial charge in [-0.25, -0.2) is 0 Å². The summed E-state index contributed by atoms with van der Waals surface area (Å²) in [5.41, 5.74) is 0. The van der Waals surface area contributed by atoms with Gasteiger partial charge in [-0.1, -0.05) is 0 Å². The summed E-state index contributed by atoms with van der Waals surface area (Å²) in [6, 6.07) is 0. The highest BCUT2D eigenvalue weighted by Crippen LogP contribution is 2.49. The molecule has 0 aromatic carbocycles. The van der Waals surface area contributed by atoms with E-state index < -0.39 is 0 Å². The molecule has 0 radical (unpaired) electrons. The SMILES string of the molecule is OC1CC2CCC12. The molecule has 2 rings (SSSR count). The van der Waals surface area contributed by atoms with Crippen molar-refractivity contribution in [3.05, 3.63) is 0 Å². The highest BCUT2D eigenvalue weighted by atomic mass is 16.3. The van der Waals surface area contributed by atoms with Crippen LogP contribution in [0.4, 0.5) is 0 Å². The fourth-order valence-electron chi connectivity index (χ4n) is 1.68. The van der Waals surface area contributed by atoms with Crippen molar-refractivity contribution >= 4 is 0 Å². The first-order chi connectivity index (χ1) is 3.38. The predicted molar refractivity (Wildman–Crippen MR) is 26.8 cm³/mol. The first-order valence-corrected chi connectivity index (χ1v) is 3.06. The van der Waals surface area contributed by atoms with Crippen LogP contribution in [0.5, 0.6) is 0 Å². The number of hydrogen-bond acceptors (Lipinski definition) is 1. The number of rotatable bonds is 0. The second-order valence-corrected chi connectivity index (χ2v) is 2.80. The van der Waals surface area contributed by atoms with Crippen LogP contribution in [0.1, 0.15) is 19.3 Å². The highest BCUT2D eigenvalue weighted by molar-refractivity contribution is 4.96. The lowest BCUT2D eigenvalue weighted by molar-refractivity contribution is -0.0951. The van der Waals surface area contributed by atoms with E-state index in [0.29, 0.717) is 0 Å². The molecule has 1 heteroatoms. The van der Waals surface area contributed by atoms with E-state index >= 15 is 0 Å². The Morgan fingerprint density at radius 1 is 1.29 bits per heavy atom. The Balaban J connectivity index is 1.99. The molecule has 1 N–H and O–H groups in total. The maximum absolute atomic E-state index is 8.94. The van der Waals surface area contributed by atoms with Gasteiger partial charge in [0.1, 0.15) is 0 Å². The van der Waals surface area contributed by atoms with Gasteiger partial charge >= 0.3 is 0 Å². The summed E-state index contributed by atoms with van der Waals surface area (Å²) in [5, 5.41) is 8.94. The van der Waals surface area contributed by atoms with Crippen molar-refractivity contribution in [2.24, 2.45) is 11.8 Å². The fraction of sp³-hybridized carbons (Fsp3) is 1.00. The molecule has 1 nitrogen and oxygen atoms in total. The number of aliphatic hydroxyl groups excluding tert-OH is 1. The molecular formula is C6H10O. The Kier molecular flexibility index (Phi) is 0.571. The number of fused-ring (bicyclic) bond motifs is 1. The van der Waals surface area contributed by atoms with Crippen LogP contribution in [0.25, 0.3) is 0 Å². The standard InChI is InChI=1S/C6H10O/c7-6-3-4-1-2-5(4)6/h4-7H,1-3H2. The normalized spacial score (nSPS) is 57.0. The molecule has 0 bridgehead atoms. The first kappa shape index (κ1) is 3.90. The number of hydrogen-bond donors (Lipinski definition) is 1. The van der Waals surface area contributed by atoms with Crippen molar-refractivity contribution in [3.63, 3.8) is 0 Å². The molecule has 7 heavy (non-hydrogen) atoms. The van der Waals surface area contributed by atoms with E-state index in [2.05, 4.69) is 0 Å². The van der Waals surface area contributed by atoms with E-state index in [1.807, 2.05) is 0 Å². The van der Waals surface area contributed by atoms with Gasteiger partial charge in [0.15, 0.2) is 0 Å². The van der Waals surface area contributed by atoms with Crippen LogP contribution in [-0.2, 0) is 0 Å². The second kappa shape index (κ2) is 1.03. The average molecular weight is 98.1 g/mol. The lowest BCUT2D eigenvalue weighted by atomic mass is 9.58. The summed E-state index contributed by atoms with van der Waals surface area (Å²) in [6.45, 7) is 0. The Bertz CT molecular complexity index is 86.2. The van der Waals surface area contributed by atoms with Crippen molar-refractivity contribution in [1.29, 1.82) is 0 Å². The Labute approximate surface area is 43.3 Å². The zero-order valence-corrected chi connectivity index (χ0v) is 4.30. The van der Waals surface area contributed by atoms with Gasteiger partial charge in [0.2, 0.25) is 0 Å². The van der Waals surface area contributed by atoms with Crippen LogP contribution < -0.4 is 0 Å². The third-order valence-corrected chi connectivity index (χ3v) is 2.51. The zero-order valence-electron chi connectivity index (χ0n) is 4.30. The van der Waals surface area contributed by atoms with E-state index in [-0.39, 0.29) is 6.10 Å². The van der Waals surface area contributed by atoms with Gasteiger partial charge < -0.3 is 5.11 Å². The average Bonchev–Trinajstić information content (AvgIpc) is 1.59. The maximum Gasteiger partial charge on any atom is 0.0573 e. The molecule has 0 aliphatic heterocycles. The highest BCUT2D eigenvalue weighted by Gasteiger charge is 2.45. The van der Waals surface area contributed by atoms with Gasteiger partial charge in [-0.05, 0) is 31.1 Å². The molecule has 3 atom stereocenters. The summed E-state index contributed by atoms with van der Waals surface area (Å²) in [5.74, 6) is 1.68. The lowest BCUT2D eigenvalue weighted by Gasteiger charge is -2.50. The number of aliphatic hydroxyl groups is 1. The third-order valence-electron chi connectivity index (χ3n) is 2.51. The van der Waals surface area contributed by atoms with Gasteiger partial charge in [0.05, 0.1) is 6.10 Å². The van der Waals surface area contributed by atoms with E-state index in [9.17, 15) is 0 Å². The molecule has 2 aliphatic rings. The minimum Gasteiger partial charge on any atom is -0.393 e. The third kappa shape index (κ3) is 0.325. The minimum atomic E-state index is 0.0961. The van der Waals surface area contributed by atoms with E-state index in [0.717, 1.165) is 18.3 Å². The summed E-state index contributed by atoms with van der Waals surface area (Å²) in [7, 11) is 0. The molecule has 0 saturated heterocycles. The van der Waals surface area contributed by atoms with Crippen molar-refractivity contribution < 1.29 is 5.11 Å². The molecule has 0 heterocycles. The van der Waals surface area contributed by atoms with E-state index in [4.69, 9.17) is 5.11 Å².